The summed E-state index contributed by atoms with van der Waals surface area (Å²) in [4.78, 5) is 0. The first-order valence-electron chi connectivity index (χ1n) is 3.42. The van der Waals surface area contributed by atoms with Crippen LogP contribution in [-0.4, -0.2) is 5.84 Å². The molecule has 0 aromatic rings. The van der Waals surface area contributed by atoms with Gasteiger partial charge in [0.25, 0.3) is 0 Å². The van der Waals surface area contributed by atoms with E-state index in [0.29, 0.717) is 0 Å². The maximum Gasteiger partial charge on any atom is 0.122 e. The van der Waals surface area contributed by atoms with Gasteiger partial charge in [-0.15, -0.1) is 0 Å². The molecule has 0 aliphatic heterocycles. The Bertz CT molecular complexity index is 211. The fourth-order valence-electron chi connectivity index (χ4n) is 1.04. The molecule has 0 saturated heterocycles. The fraction of sp³-hybridized carbons (Fsp3) is 0.375. The number of amidine groups is 1. The van der Waals surface area contributed by atoms with E-state index in [-0.39, 0.29) is 5.84 Å². The molecular formula is C8H12N2. The van der Waals surface area contributed by atoms with Gasteiger partial charge >= 0.3 is 0 Å². The Balaban J connectivity index is 2.79. The summed E-state index contributed by atoms with van der Waals surface area (Å²) in [6, 6.07) is 0. The lowest BCUT2D eigenvalue weighted by atomic mass is 10.0. The largest absolute Gasteiger partial charge is 0.384 e. The molecule has 0 spiro atoms. The SMILES string of the molecule is CC1=CC(C(=N)N)=CCC1. The Morgan fingerprint density at radius 1 is 1.70 bits per heavy atom. The molecule has 10 heavy (non-hydrogen) atoms. The molecule has 2 heteroatoms. The summed E-state index contributed by atoms with van der Waals surface area (Å²) in [7, 11) is 0. The molecule has 0 aromatic heterocycles. The molecule has 0 fully saturated rings. The van der Waals surface area contributed by atoms with E-state index >= 15 is 0 Å². The molecule has 0 heterocycles. The number of rotatable bonds is 1. The lowest BCUT2D eigenvalue weighted by molar-refractivity contribution is 0.954. The van der Waals surface area contributed by atoms with E-state index in [2.05, 4.69) is 6.92 Å². The quantitative estimate of drug-likeness (QED) is 0.417. The van der Waals surface area contributed by atoms with E-state index in [1.165, 1.54) is 5.57 Å². The molecule has 1 aliphatic carbocycles. The van der Waals surface area contributed by atoms with E-state index in [1.54, 1.807) is 0 Å². The van der Waals surface area contributed by atoms with Crippen LogP contribution in [0, 0.1) is 5.41 Å². The normalized spacial score (nSPS) is 17.7. The number of nitrogens with two attached hydrogens (primary N) is 1. The van der Waals surface area contributed by atoms with Crippen LogP contribution < -0.4 is 5.73 Å². The minimum Gasteiger partial charge on any atom is -0.384 e. The van der Waals surface area contributed by atoms with Crippen molar-refractivity contribution < 1.29 is 0 Å². The molecule has 0 aromatic carbocycles. The molecule has 2 nitrogen and oxygen atoms in total. The van der Waals surface area contributed by atoms with Crippen molar-refractivity contribution in [2.75, 3.05) is 0 Å². The van der Waals surface area contributed by atoms with Crippen LogP contribution in [0.2, 0.25) is 0 Å². The van der Waals surface area contributed by atoms with Crippen LogP contribution in [0.3, 0.4) is 0 Å². The topological polar surface area (TPSA) is 49.9 Å². The standard InChI is InChI=1S/C8H12N2/c1-6-3-2-4-7(5-6)8(9)10/h4-5H,2-3H2,1H3,(H3,9,10). The lowest BCUT2D eigenvalue weighted by Crippen LogP contribution is -2.12. The van der Waals surface area contributed by atoms with Gasteiger partial charge in [0.05, 0.1) is 0 Å². The Kier molecular flexibility index (Phi) is 1.90. The molecule has 0 bridgehead atoms. The van der Waals surface area contributed by atoms with Crippen LogP contribution in [0.1, 0.15) is 19.8 Å². The Labute approximate surface area is 60.9 Å². The van der Waals surface area contributed by atoms with Crippen molar-refractivity contribution in [3.05, 3.63) is 23.3 Å². The number of hydrogen-bond acceptors (Lipinski definition) is 1. The summed E-state index contributed by atoms with van der Waals surface area (Å²) in [5, 5.41) is 7.14. The summed E-state index contributed by atoms with van der Waals surface area (Å²) in [6.45, 7) is 2.07. The second kappa shape index (κ2) is 2.69. The summed E-state index contributed by atoms with van der Waals surface area (Å²) in [5.41, 5.74) is 7.49. The maximum absolute atomic E-state index is 7.14. The second-order valence-electron chi connectivity index (χ2n) is 2.60. The third-order valence-corrected chi connectivity index (χ3v) is 1.62. The zero-order valence-corrected chi connectivity index (χ0v) is 6.15. The Morgan fingerprint density at radius 3 is 2.80 bits per heavy atom. The molecule has 1 rings (SSSR count). The summed E-state index contributed by atoms with van der Waals surface area (Å²) in [5.74, 6) is 0.180. The molecule has 0 saturated carbocycles. The third-order valence-electron chi connectivity index (χ3n) is 1.62. The van der Waals surface area contributed by atoms with E-state index in [9.17, 15) is 0 Å². The predicted molar refractivity (Wildman–Crippen MR) is 43.0 cm³/mol. The highest BCUT2D eigenvalue weighted by atomic mass is 14.7. The van der Waals surface area contributed by atoms with Gasteiger partial charge in [0.15, 0.2) is 0 Å². The third kappa shape index (κ3) is 1.47. The van der Waals surface area contributed by atoms with Gasteiger partial charge in [-0.25, -0.2) is 0 Å². The first kappa shape index (κ1) is 7.06. The predicted octanol–water partition coefficient (Wildman–Crippen LogP) is 1.59. The molecular weight excluding hydrogens is 124 g/mol. The van der Waals surface area contributed by atoms with E-state index in [4.69, 9.17) is 11.1 Å². The van der Waals surface area contributed by atoms with Crippen molar-refractivity contribution in [1.82, 2.24) is 0 Å². The molecule has 0 amide bonds. The summed E-state index contributed by atoms with van der Waals surface area (Å²) >= 11 is 0. The van der Waals surface area contributed by atoms with Gasteiger partial charge in [0.2, 0.25) is 0 Å². The zero-order chi connectivity index (χ0) is 7.56. The van der Waals surface area contributed by atoms with Crippen molar-refractivity contribution in [2.45, 2.75) is 19.8 Å². The minimum absolute atomic E-state index is 0.180. The summed E-state index contributed by atoms with van der Waals surface area (Å²) in [6.07, 6.45) is 6.12. The highest BCUT2D eigenvalue weighted by Gasteiger charge is 2.02. The van der Waals surface area contributed by atoms with Crippen LogP contribution >= 0.6 is 0 Å². The monoisotopic (exact) mass is 136 g/mol. The highest BCUT2D eigenvalue weighted by Crippen LogP contribution is 2.15. The van der Waals surface area contributed by atoms with Crippen LogP contribution in [0.4, 0.5) is 0 Å². The first-order chi connectivity index (χ1) is 4.70. The lowest BCUT2D eigenvalue weighted by Gasteiger charge is -2.08. The Hall–Kier alpha value is -1.05. The minimum atomic E-state index is 0.180. The van der Waals surface area contributed by atoms with Gasteiger partial charge in [-0.1, -0.05) is 17.7 Å². The fourth-order valence-corrected chi connectivity index (χ4v) is 1.04. The van der Waals surface area contributed by atoms with Crippen molar-refractivity contribution in [3.8, 4) is 0 Å². The van der Waals surface area contributed by atoms with Gasteiger partial charge in [-0.05, 0) is 19.8 Å². The first-order valence-corrected chi connectivity index (χ1v) is 3.42. The molecule has 54 valence electrons. The van der Waals surface area contributed by atoms with Gasteiger partial charge in [-0.2, -0.15) is 0 Å². The molecule has 3 N–H and O–H groups in total. The van der Waals surface area contributed by atoms with Gasteiger partial charge in [0, 0.05) is 5.57 Å². The van der Waals surface area contributed by atoms with E-state index in [0.717, 1.165) is 18.4 Å². The van der Waals surface area contributed by atoms with E-state index < -0.39 is 0 Å². The highest BCUT2D eigenvalue weighted by molar-refractivity contribution is 5.97. The van der Waals surface area contributed by atoms with Crippen molar-refractivity contribution in [1.29, 1.82) is 5.41 Å². The second-order valence-corrected chi connectivity index (χ2v) is 2.60. The number of nitrogens with one attached hydrogen (secondary N) is 1. The average Bonchev–Trinajstić information content (AvgIpc) is 1.88. The maximum atomic E-state index is 7.14. The van der Waals surface area contributed by atoms with Crippen LogP contribution in [-0.2, 0) is 0 Å². The molecule has 1 aliphatic rings. The van der Waals surface area contributed by atoms with Crippen molar-refractivity contribution in [2.24, 2.45) is 5.73 Å². The van der Waals surface area contributed by atoms with Gasteiger partial charge in [0.1, 0.15) is 5.84 Å². The van der Waals surface area contributed by atoms with E-state index in [1.807, 2.05) is 12.2 Å². The van der Waals surface area contributed by atoms with Crippen molar-refractivity contribution >= 4 is 5.84 Å². The average molecular weight is 136 g/mol. The molecule has 0 unspecified atom stereocenters. The zero-order valence-electron chi connectivity index (χ0n) is 6.15. The van der Waals surface area contributed by atoms with Crippen LogP contribution in [0.25, 0.3) is 0 Å². The molecule has 0 radical (unpaired) electrons. The number of allylic oxidation sites excluding steroid dienone is 2. The van der Waals surface area contributed by atoms with Crippen molar-refractivity contribution in [3.63, 3.8) is 0 Å². The van der Waals surface area contributed by atoms with Crippen LogP contribution in [0.15, 0.2) is 23.3 Å². The van der Waals surface area contributed by atoms with Gasteiger partial charge < -0.3 is 5.73 Å². The smallest absolute Gasteiger partial charge is 0.122 e. The Morgan fingerprint density at radius 2 is 2.40 bits per heavy atom. The van der Waals surface area contributed by atoms with Crippen LogP contribution in [0.5, 0.6) is 0 Å². The summed E-state index contributed by atoms with van der Waals surface area (Å²) < 4.78 is 0. The number of hydrogen-bond donors (Lipinski definition) is 2. The van der Waals surface area contributed by atoms with Gasteiger partial charge in [-0.3, -0.25) is 5.41 Å². The molecule has 0 atom stereocenters.